The normalized spacial score (nSPS) is 16.1. The average Bonchev–Trinajstić information content (AvgIpc) is 3.09. The van der Waals surface area contributed by atoms with E-state index in [-0.39, 0.29) is 18.4 Å². The summed E-state index contributed by atoms with van der Waals surface area (Å²) in [6, 6.07) is 17.1. The van der Waals surface area contributed by atoms with Gasteiger partial charge in [-0.3, -0.25) is 0 Å². The Morgan fingerprint density at radius 3 is 2.62 bits per heavy atom. The minimum atomic E-state index is -0.220. The Labute approximate surface area is 148 Å². The molecular formula is C18H22ClN3O2. The van der Waals surface area contributed by atoms with Crippen molar-refractivity contribution in [2.45, 2.75) is 18.9 Å². The van der Waals surface area contributed by atoms with E-state index >= 15 is 0 Å². The molecule has 0 aliphatic carbocycles. The molecule has 24 heavy (non-hydrogen) atoms. The number of benzene rings is 2. The number of urea groups is 1. The first-order chi connectivity index (χ1) is 11.3. The van der Waals surface area contributed by atoms with E-state index in [1.807, 2.05) is 54.6 Å². The maximum atomic E-state index is 12.1. The minimum absolute atomic E-state index is 0. The van der Waals surface area contributed by atoms with Crippen LogP contribution in [0, 0.1) is 0 Å². The van der Waals surface area contributed by atoms with Crippen molar-refractivity contribution in [1.82, 2.24) is 10.6 Å². The molecule has 2 aromatic carbocycles. The van der Waals surface area contributed by atoms with Crippen molar-refractivity contribution in [1.29, 1.82) is 0 Å². The maximum absolute atomic E-state index is 12.1. The lowest BCUT2D eigenvalue weighted by Crippen LogP contribution is -2.39. The molecule has 1 atom stereocenters. The van der Waals surface area contributed by atoms with Gasteiger partial charge in [0.1, 0.15) is 5.75 Å². The van der Waals surface area contributed by atoms with E-state index < -0.39 is 0 Å². The first kappa shape index (κ1) is 18.1. The summed E-state index contributed by atoms with van der Waals surface area (Å²) >= 11 is 0. The molecule has 0 radical (unpaired) electrons. The van der Waals surface area contributed by atoms with Crippen LogP contribution in [0.5, 0.6) is 11.5 Å². The Morgan fingerprint density at radius 1 is 1.12 bits per heavy atom. The van der Waals surface area contributed by atoms with Crippen molar-refractivity contribution in [2.75, 3.05) is 18.4 Å². The molecule has 0 saturated carbocycles. The number of amides is 2. The number of hydrogen-bond acceptors (Lipinski definition) is 3. The molecular weight excluding hydrogens is 326 g/mol. The summed E-state index contributed by atoms with van der Waals surface area (Å²) in [5, 5.41) is 9.10. The SMILES string of the molecule is Cl.O=C(NC[C@@H]1CCCN1)Nc1ccccc1Oc1ccccc1. The van der Waals surface area contributed by atoms with E-state index in [1.165, 1.54) is 6.42 Å². The van der Waals surface area contributed by atoms with Gasteiger partial charge in [-0.15, -0.1) is 12.4 Å². The third-order valence-electron chi connectivity index (χ3n) is 3.78. The predicted molar refractivity (Wildman–Crippen MR) is 98.3 cm³/mol. The van der Waals surface area contributed by atoms with Gasteiger partial charge in [-0.25, -0.2) is 4.79 Å². The van der Waals surface area contributed by atoms with Gasteiger partial charge in [0.15, 0.2) is 5.75 Å². The molecule has 0 bridgehead atoms. The number of rotatable bonds is 5. The van der Waals surface area contributed by atoms with Crippen molar-refractivity contribution in [3.05, 3.63) is 54.6 Å². The molecule has 128 valence electrons. The van der Waals surface area contributed by atoms with Gasteiger partial charge in [-0.05, 0) is 43.7 Å². The molecule has 0 spiro atoms. The average molecular weight is 348 g/mol. The summed E-state index contributed by atoms with van der Waals surface area (Å²) in [5.41, 5.74) is 0.647. The standard InChI is InChI=1S/C18H21N3O2.ClH/c22-18(20-13-14-7-6-12-19-14)21-16-10-4-5-11-17(16)23-15-8-2-1-3-9-15;/h1-5,8-11,14,19H,6-7,12-13H2,(H2,20,21,22);1H/t14-;/m0./s1. The van der Waals surface area contributed by atoms with Crippen LogP contribution in [0.4, 0.5) is 10.5 Å². The first-order valence-electron chi connectivity index (χ1n) is 7.91. The molecule has 1 heterocycles. The molecule has 6 heteroatoms. The van der Waals surface area contributed by atoms with Gasteiger partial charge in [0.05, 0.1) is 5.69 Å². The summed E-state index contributed by atoms with van der Waals surface area (Å²) < 4.78 is 5.83. The Morgan fingerprint density at radius 2 is 1.88 bits per heavy atom. The molecule has 1 aliphatic heterocycles. The molecule has 3 rings (SSSR count). The number of ether oxygens (including phenoxy) is 1. The van der Waals surface area contributed by atoms with Crippen LogP contribution in [0.15, 0.2) is 54.6 Å². The lowest BCUT2D eigenvalue weighted by atomic mass is 10.2. The highest BCUT2D eigenvalue weighted by molar-refractivity contribution is 5.91. The van der Waals surface area contributed by atoms with E-state index in [0.717, 1.165) is 18.7 Å². The quantitative estimate of drug-likeness (QED) is 0.771. The second kappa shape index (κ2) is 9.15. The fraction of sp³-hybridized carbons (Fsp3) is 0.278. The number of carbonyl (C=O) groups excluding carboxylic acids is 1. The fourth-order valence-corrected chi connectivity index (χ4v) is 2.59. The molecule has 2 amide bonds. The maximum Gasteiger partial charge on any atom is 0.319 e. The number of hydrogen-bond donors (Lipinski definition) is 3. The van der Waals surface area contributed by atoms with Crippen molar-refractivity contribution < 1.29 is 9.53 Å². The van der Waals surface area contributed by atoms with Crippen LogP contribution in [-0.2, 0) is 0 Å². The zero-order chi connectivity index (χ0) is 15.9. The van der Waals surface area contributed by atoms with E-state index in [9.17, 15) is 4.79 Å². The minimum Gasteiger partial charge on any atom is -0.455 e. The second-order valence-corrected chi connectivity index (χ2v) is 5.54. The largest absolute Gasteiger partial charge is 0.455 e. The van der Waals surface area contributed by atoms with Crippen LogP contribution in [0.3, 0.4) is 0 Å². The Bertz CT molecular complexity index is 646. The lowest BCUT2D eigenvalue weighted by molar-refractivity contribution is 0.251. The van der Waals surface area contributed by atoms with Gasteiger partial charge in [0.25, 0.3) is 0 Å². The summed E-state index contributed by atoms with van der Waals surface area (Å²) in [5.74, 6) is 1.35. The van der Waals surface area contributed by atoms with Gasteiger partial charge in [0, 0.05) is 12.6 Å². The topological polar surface area (TPSA) is 62.4 Å². The highest BCUT2D eigenvalue weighted by Gasteiger charge is 2.15. The zero-order valence-electron chi connectivity index (χ0n) is 13.3. The molecule has 1 saturated heterocycles. The third kappa shape index (κ3) is 5.15. The van der Waals surface area contributed by atoms with Crippen LogP contribution in [0.2, 0.25) is 0 Å². The third-order valence-corrected chi connectivity index (χ3v) is 3.78. The highest BCUT2D eigenvalue weighted by Crippen LogP contribution is 2.28. The Balaban J connectivity index is 0.00000208. The van der Waals surface area contributed by atoms with Gasteiger partial charge in [-0.2, -0.15) is 0 Å². The van der Waals surface area contributed by atoms with Crippen LogP contribution in [0.25, 0.3) is 0 Å². The number of anilines is 1. The fourth-order valence-electron chi connectivity index (χ4n) is 2.59. The van der Waals surface area contributed by atoms with Crippen molar-refractivity contribution in [3.63, 3.8) is 0 Å². The molecule has 5 nitrogen and oxygen atoms in total. The number of carbonyl (C=O) groups is 1. The highest BCUT2D eigenvalue weighted by atomic mass is 35.5. The molecule has 0 aromatic heterocycles. The summed E-state index contributed by atoms with van der Waals surface area (Å²) in [4.78, 5) is 12.1. The number of nitrogens with one attached hydrogen (secondary N) is 3. The molecule has 1 aliphatic rings. The zero-order valence-corrected chi connectivity index (χ0v) is 14.1. The number of para-hydroxylation sites is 3. The van der Waals surface area contributed by atoms with Crippen LogP contribution in [0.1, 0.15) is 12.8 Å². The van der Waals surface area contributed by atoms with E-state index in [0.29, 0.717) is 24.0 Å². The van der Waals surface area contributed by atoms with Crippen LogP contribution in [-0.4, -0.2) is 25.2 Å². The van der Waals surface area contributed by atoms with E-state index in [4.69, 9.17) is 4.74 Å². The smallest absolute Gasteiger partial charge is 0.319 e. The summed E-state index contributed by atoms with van der Waals surface area (Å²) in [6.07, 6.45) is 2.27. The Hall–Kier alpha value is -2.24. The predicted octanol–water partition coefficient (Wildman–Crippen LogP) is 3.77. The van der Waals surface area contributed by atoms with Gasteiger partial charge >= 0.3 is 6.03 Å². The lowest BCUT2D eigenvalue weighted by Gasteiger charge is -2.14. The number of halogens is 1. The van der Waals surface area contributed by atoms with Crippen molar-refractivity contribution in [2.24, 2.45) is 0 Å². The molecule has 3 N–H and O–H groups in total. The van der Waals surface area contributed by atoms with Gasteiger partial charge < -0.3 is 20.7 Å². The molecule has 1 fully saturated rings. The summed E-state index contributed by atoms with van der Waals surface area (Å²) in [7, 11) is 0. The summed E-state index contributed by atoms with van der Waals surface area (Å²) in [6.45, 7) is 1.66. The second-order valence-electron chi connectivity index (χ2n) is 5.54. The van der Waals surface area contributed by atoms with Crippen molar-refractivity contribution in [3.8, 4) is 11.5 Å². The molecule has 2 aromatic rings. The van der Waals surface area contributed by atoms with E-state index in [2.05, 4.69) is 16.0 Å². The Kier molecular flexibility index (Phi) is 6.90. The first-order valence-corrected chi connectivity index (χ1v) is 7.91. The van der Waals surface area contributed by atoms with Crippen molar-refractivity contribution >= 4 is 24.1 Å². The van der Waals surface area contributed by atoms with Gasteiger partial charge in [-0.1, -0.05) is 30.3 Å². The van der Waals surface area contributed by atoms with Gasteiger partial charge in [0.2, 0.25) is 0 Å². The molecule has 0 unspecified atom stereocenters. The monoisotopic (exact) mass is 347 g/mol. The van der Waals surface area contributed by atoms with E-state index in [1.54, 1.807) is 0 Å². The van der Waals surface area contributed by atoms with Crippen LogP contribution >= 0.6 is 12.4 Å². The van der Waals surface area contributed by atoms with Crippen LogP contribution < -0.4 is 20.7 Å².